The Labute approximate surface area is 98.5 Å². The van der Waals surface area contributed by atoms with E-state index in [1.165, 1.54) is 6.42 Å². The Morgan fingerprint density at radius 3 is 2.25 bits per heavy atom. The van der Waals surface area contributed by atoms with Gasteiger partial charge >= 0.3 is 0 Å². The summed E-state index contributed by atoms with van der Waals surface area (Å²) in [6.45, 7) is 3.35. The van der Waals surface area contributed by atoms with Crippen LogP contribution in [0.25, 0.3) is 0 Å². The van der Waals surface area contributed by atoms with Gasteiger partial charge in [0.15, 0.2) is 0 Å². The summed E-state index contributed by atoms with van der Waals surface area (Å²) in [4.78, 5) is 2.38. The van der Waals surface area contributed by atoms with Crippen LogP contribution in [0.3, 0.4) is 0 Å². The summed E-state index contributed by atoms with van der Waals surface area (Å²) in [5.41, 5.74) is 0. The number of aliphatic hydroxyl groups is 1. The molecule has 1 fully saturated rings. The van der Waals surface area contributed by atoms with Gasteiger partial charge in [0.25, 0.3) is 0 Å². The molecule has 0 aliphatic heterocycles. The van der Waals surface area contributed by atoms with Crippen molar-refractivity contribution in [2.45, 2.75) is 37.8 Å². The van der Waals surface area contributed by atoms with Gasteiger partial charge in [-0.3, -0.25) is 4.90 Å². The van der Waals surface area contributed by atoms with Crippen LogP contribution in [0, 0.1) is 0 Å². The molecule has 0 aromatic rings. The maximum absolute atomic E-state index is 9.69. The Kier molecular flexibility index (Phi) is 6.96. The van der Waals surface area contributed by atoms with Crippen LogP contribution in [0.15, 0.2) is 0 Å². The third-order valence-corrected chi connectivity index (χ3v) is 3.30. The largest absolute Gasteiger partial charge is 0.393 e. The van der Waals surface area contributed by atoms with Gasteiger partial charge in [0.2, 0.25) is 0 Å². The first-order valence-electron chi connectivity index (χ1n) is 6.18. The van der Waals surface area contributed by atoms with E-state index in [2.05, 4.69) is 4.90 Å². The van der Waals surface area contributed by atoms with E-state index < -0.39 is 0 Å². The summed E-state index contributed by atoms with van der Waals surface area (Å²) in [5.74, 6) is 0. The van der Waals surface area contributed by atoms with Gasteiger partial charge in [-0.05, 0) is 25.7 Å². The number of methoxy groups -OCH3 is 2. The predicted octanol–water partition coefficient (Wildman–Crippen LogP) is 0.885. The van der Waals surface area contributed by atoms with Gasteiger partial charge in [-0.1, -0.05) is 0 Å². The molecule has 2 unspecified atom stereocenters. The van der Waals surface area contributed by atoms with Crippen LogP contribution < -0.4 is 0 Å². The molecular formula is C12H25NO3. The Bertz CT molecular complexity index is 170. The second-order valence-corrected chi connectivity index (χ2v) is 4.50. The molecule has 4 heteroatoms. The highest BCUT2D eigenvalue weighted by Crippen LogP contribution is 2.22. The van der Waals surface area contributed by atoms with E-state index in [0.717, 1.165) is 45.6 Å². The van der Waals surface area contributed by atoms with Gasteiger partial charge in [-0.25, -0.2) is 0 Å². The molecule has 1 N–H and O–H groups in total. The molecular weight excluding hydrogens is 206 g/mol. The fourth-order valence-corrected chi connectivity index (χ4v) is 2.36. The molecule has 2 atom stereocenters. The Morgan fingerprint density at radius 1 is 1.12 bits per heavy atom. The highest BCUT2D eigenvalue weighted by Gasteiger charge is 2.25. The Morgan fingerprint density at radius 2 is 1.75 bits per heavy atom. The minimum atomic E-state index is -0.119. The minimum Gasteiger partial charge on any atom is -0.393 e. The number of aliphatic hydroxyl groups excluding tert-OH is 1. The minimum absolute atomic E-state index is 0.119. The summed E-state index contributed by atoms with van der Waals surface area (Å²) in [6.07, 6.45) is 4.05. The van der Waals surface area contributed by atoms with Gasteiger partial charge in [0, 0.05) is 33.4 Å². The lowest BCUT2D eigenvalue weighted by atomic mass is 9.92. The normalized spacial score (nSPS) is 26.2. The molecule has 1 aliphatic carbocycles. The fraction of sp³-hybridized carbons (Fsp3) is 1.00. The first-order valence-corrected chi connectivity index (χ1v) is 6.18. The molecule has 1 aliphatic rings. The summed E-state index contributed by atoms with van der Waals surface area (Å²) in [5, 5.41) is 9.69. The maximum atomic E-state index is 9.69. The number of ether oxygens (including phenoxy) is 2. The number of rotatable bonds is 7. The van der Waals surface area contributed by atoms with Gasteiger partial charge in [-0.15, -0.1) is 0 Å². The smallest absolute Gasteiger partial charge is 0.0589 e. The van der Waals surface area contributed by atoms with Crippen molar-refractivity contribution in [1.82, 2.24) is 4.90 Å². The van der Waals surface area contributed by atoms with Crippen LogP contribution in [0.1, 0.15) is 25.7 Å². The lowest BCUT2D eigenvalue weighted by molar-refractivity contribution is 0.0344. The topological polar surface area (TPSA) is 41.9 Å². The summed E-state index contributed by atoms with van der Waals surface area (Å²) >= 11 is 0. The van der Waals surface area contributed by atoms with Crippen molar-refractivity contribution in [2.24, 2.45) is 0 Å². The van der Waals surface area contributed by atoms with E-state index in [9.17, 15) is 5.11 Å². The van der Waals surface area contributed by atoms with E-state index in [4.69, 9.17) is 9.47 Å². The van der Waals surface area contributed by atoms with Crippen LogP contribution >= 0.6 is 0 Å². The lowest BCUT2D eigenvalue weighted by Gasteiger charge is -2.35. The maximum Gasteiger partial charge on any atom is 0.0589 e. The van der Waals surface area contributed by atoms with Crippen LogP contribution in [0.4, 0.5) is 0 Å². The van der Waals surface area contributed by atoms with Crippen molar-refractivity contribution in [3.8, 4) is 0 Å². The van der Waals surface area contributed by atoms with Crippen LogP contribution in [-0.4, -0.2) is 62.7 Å². The van der Waals surface area contributed by atoms with E-state index in [1.54, 1.807) is 14.2 Å². The monoisotopic (exact) mass is 231 g/mol. The Balaban J connectivity index is 2.38. The molecule has 0 heterocycles. The van der Waals surface area contributed by atoms with Gasteiger partial charge in [-0.2, -0.15) is 0 Å². The summed E-state index contributed by atoms with van der Waals surface area (Å²) in [6, 6.07) is 0.494. The van der Waals surface area contributed by atoms with Crippen molar-refractivity contribution in [3.05, 3.63) is 0 Å². The average molecular weight is 231 g/mol. The molecule has 1 rings (SSSR count). The average Bonchev–Trinajstić information content (AvgIpc) is 2.29. The van der Waals surface area contributed by atoms with Crippen LogP contribution in [-0.2, 0) is 9.47 Å². The second kappa shape index (κ2) is 8.01. The molecule has 4 nitrogen and oxygen atoms in total. The third kappa shape index (κ3) is 4.78. The number of nitrogens with zero attached hydrogens (tertiary/aromatic N) is 1. The molecule has 1 saturated carbocycles. The van der Waals surface area contributed by atoms with Crippen molar-refractivity contribution in [2.75, 3.05) is 40.5 Å². The highest BCUT2D eigenvalue weighted by molar-refractivity contribution is 4.80. The molecule has 0 saturated heterocycles. The van der Waals surface area contributed by atoms with E-state index in [0.29, 0.717) is 6.04 Å². The quantitative estimate of drug-likeness (QED) is 0.706. The molecule has 0 bridgehead atoms. The third-order valence-electron chi connectivity index (χ3n) is 3.30. The van der Waals surface area contributed by atoms with Crippen molar-refractivity contribution < 1.29 is 14.6 Å². The fourth-order valence-electron chi connectivity index (χ4n) is 2.36. The standard InChI is InChI=1S/C12H25NO3/c1-15-8-6-13(7-9-16-2)11-4-3-5-12(14)10-11/h11-12,14H,3-10H2,1-2H3. The summed E-state index contributed by atoms with van der Waals surface area (Å²) < 4.78 is 10.2. The zero-order chi connectivity index (χ0) is 11.8. The van der Waals surface area contributed by atoms with Crippen molar-refractivity contribution >= 4 is 0 Å². The van der Waals surface area contributed by atoms with E-state index >= 15 is 0 Å². The molecule has 0 spiro atoms. The zero-order valence-electron chi connectivity index (χ0n) is 10.5. The summed E-state index contributed by atoms with van der Waals surface area (Å²) in [7, 11) is 3.45. The van der Waals surface area contributed by atoms with Crippen LogP contribution in [0.5, 0.6) is 0 Å². The van der Waals surface area contributed by atoms with Crippen molar-refractivity contribution in [3.63, 3.8) is 0 Å². The van der Waals surface area contributed by atoms with E-state index in [1.807, 2.05) is 0 Å². The van der Waals surface area contributed by atoms with Gasteiger partial charge < -0.3 is 14.6 Å². The van der Waals surface area contributed by atoms with Gasteiger partial charge in [0.1, 0.15) is 0 Å². The molecule has 0 aromatic heterocycles. The second-order valence-electron chi connectivity index (χ2n) is 4.50. The predicted molar refractivity (Wildman–Crippen MR) is 63.6 cm³/mol. The van der Waals surface area contributed by atoms with Crippen molar-refractivity contribution in [1.29, 1.82) is 0 Å². The van der Waals surface area contributed by atoms with Crippen LogP contribution in [0.2, 0.25) is 0 Å². The van der Waals surface area contributed by atoms with Gasteiger partial charge in [0.05, 0.1) is 19.3 Å². The van der Waals surface area contributed by atoms with E-state index in [-0.39, 0.29) is 6.10 Å². The molecule has 0 radical (unpaired) electrons. The first-order chi connectivity index (χ1) is 7.77. The molecule has 16 heavy (non-hydrogen) atoms. The highest BCUT2D eigenvalue weighted by atomic mass is 16.5. The Hall–Kier alpha value is -0.160. The molecule has 0 aromatic carbocycles. The number of hydrogen-bond donors (Lipinski definition) is 1. The molecule has 0 amide bonds. The molecule has 96 valence electrons. The number of hydrogen-bond acceptors (Lipinski definition) is 4. The SMILES string of the molecule is COCCN(CCOC)C1CCCC(O)C1. The first kappa shape index (κ1) is 13.9. The lowest BCUT2D eigenvalue weighted by Crippen LogP contribution is -2.43. The zero-order valence-corrected chi connectivity index (χ0v) is 10.5.